The van der Waals surface area contributed by atoms with Crippen molar-refractivity contribution in [3.05, 3.63) is 28.5 Å². The van der Waals surface area contributed by atoms with E-state index in [1.165, 1.54) is 31.4 Å². The van der Waals surface area contributed by atoms with Crippen molar-refractivity contribution in [3.63, 3.8) is 0 Å². The molecule has 0 heterocycles. The van der Waals surface area contributed by atoms with Crippen LogP contribution in [-0.4, -0.2) is 6.04 Å². The number of anilines is 1. The van der Waals surface area contributed by atoms with Gasteiger partial charge in [0.15, 0.2) is 0 Å². The molecule has 0 aliphatic rings. The fourth-order valence-electron chi connectivity index (χ4n) is 1.65. The second-order valence-electron chi connectivity index (χ2n) is 4.17. The van der Waals surface area contributed by atoms with E-state index in [-0.39, 0.29) is 5.82 Å². The summed E-state index contributed by atoms with van der Waals surface area (Å²) in [5.41, 5.74) is 0.837. The maximum absolute atomic E-state index is 13.0. The summed E-state index contributed by atoms with van der Waals surface area (Å²) in [6.45, 7) is 4.33. The van der Waals surface area contributed by atoms with Crippen LogP contribution in [-0.2, 0) is 0 Å². The van der Waals surface area contributed by atoms with Crippen LogP contribution in [0.25, 0.3) is 0 Å². The molecule has 0 aromatic heterocycles. The molecule has 1 unspecified atom stereocenters. The van der Waals surface area contributed by atoms with Crippen LogP contribution in [0.3, 0.4) is 0 Å². The molecule has 1 N–H and O–H groups in total. The lowest BCUT2D eigenvalue weighted by Crippen LogP contribution is -2.15. The van der Waals surface area contributed by atoms with E-state index in [0.717, 1.165) is 16.6 Å². The van der Waals surface area contributed by atoms with Crippen molar-refractivity contribution < 1.29 is 4.39 Å². The van der Waals surface area contributed by atoms with E-state index in [9.17, 15) is 4.39 Å². The fourth-order valence-corrected chi connectivity index (χ4v) is 2.01. The normalized spacial score (nSPS) is 12.5. The van der Waals surface area contributed by atoms with Crippen molar-refractivity contribution in [3.8, 4) is 0 Å². The van der Waals surface area contributed by atoms with Gasteiger partial charge in [0.25, 0.3) is 0 Å². The standard InChI is InChI=1S/C13H19BrFN/c1-3-4-5-6-10(2)16-13-9-11(15)7-8-12(13)14/h7-10,16H,3-6H2,1-2H3. The zero-order valence-electron chi connectivity index (χ0n) is 9.89. The first-order valence-electron chi connectivity index (χ1n) is 5.85. The number of benzene rings is 1. The Morgan fingerprint density at radius 1 is 1.38 bits per heavy atom. The van der Waals surface area contributed by atoms with E-state index in [0.29, 0.717) is 6.04 Å². The van der Waals surface area contributed by atoms with E-state index in [1.807, 2.05) is 0 Å². The topological polar surface area (TPSA) is 12.0 Å². The maximum atomic E-state index is 13.0. The molecule has 1 rings (SSSR count). The summed E-state index contributed by atoms with van der Waals surface area (Å²) in [5.74, 6) is -0.202. The van der Waals surface area contributed by atoms with Gasteiger partial charge in [-0.3, -0.25) is 0 Å². The molecule has 0 saturated heterocycles. The Bertz CT molecular complexity index is 328. The summed E-state index contributed by atoms with van der Waals surface area (Å²) in [4.78, 5) is 0. The lowest BCUT2D eigenvalue weighted by molar-refractivity contribution is 0.611. The number of rotatable bonds is 6. The SMILES string of the molecule is CCCCCC(C)Nc1cc(F)ccc1Br. The van der Waals surface area contributed by atoms with Crippen molar-refractivity contribution >= 4 is 21.6 Å². The van der Waals surface area contributed by atoms with Gasteiger partial charge in [-0.15, -0.1) is 0 Å². The summed E-state index contributed by atoms with van der Waals surface area (Å²) in [5, 5.41) is 3.32. The minimum atomic E-state index is -0.202. The van der Waals surface area contributed by atoms with Gasteiger partial charge in [0, 0.05) is 10.5 Å². The van der Waals surface area contributed by atoms with E-state index in [2.05, 4.69) is 35.1 Å². The third kappa shape index (κ3) is 4.52. The van der Waals surface area contributed by atoms with E-state index < -0.39 is 0 Å². The number of hydrogen-bond donors (Lipinski definition) is 1. The van der Waals surface area contributed by atoms with Crippen LogP contribution < -0.4 is 5.32 Å². The van der Waals surface area contributed by atoms with Crippen LogP contribution in [0.2, 0.25) is 0 Å². The highest BCUT2D eigenvalue weighted by Gasteiger charge is 2.05. The van der Waals surface area contributed by atoms with Gasteiger partial charge in [0.2, 0.25) is 0 Å². The Balaban J connectivity index is 2.48. The number of nitrogens with one attached hydrogen (secondary N) is 1. The smallest absolute Gasteiger partial charge is 0.125 e. The average molecular weight is 288 g/mol. The minimum Gasteiger partial charge on any atom is -0.382 e. The van der Waals surface area contributed by atoms with Gasteiger partial charge >= 0.3 is 0 Å². The van der Waals surface area contributed by atoms with Gasteiger partial charge in [-0.05, 0) is 47.5 Å². The first-order valence-corrected chi connectivity index (χ1v) is 6.64. The Hall–Kier alpha value is -0.570. The summed E-state index contributed by atoms with van der Waals surface area (Å²) in [6, 6.07) is 5.10. The Morgan fingerprint density at radius 2 is 2.12 bits per heavy atom. The van der Waals surface area contributed by atoms with Gasteiger partial charge in [-0.25, -0.2) is 4.39 Å². The van der Waals surface area contributed by atoms with E-state index in [1.54, 1.807) is 6.07 Å². The second-order valence-corrected chi connectivity index (χ2v) is 5.02. The highest BCUT2D eigenvalue weighted by molar-refractivity contribution is 9.10. The molecule has 1 nitrogen and oxygen atoms in total. The lowest BCUT2D eigenvalue weighted by Gasteiger charge is -2.16. The molecule has 0 amide bonds. The van der Waals surface area contributed by atoms with Crippen LogP contribution in [0.1, 0.15) is 39.5 Å². The zero-order valence-corrected chi connectivity index (χ0v) is 11.5. The highest BCUT2D eigenvalue weighted by atomic mass is 79.9. The number of unbranched alkanes of at least 4 members (excludes halogenated alkanes) is 2. The second kappa shape index (κ2) is 6.89. The molecule has 0 spiro atoms. The van der Waals surface area contributed by atoms with Crippen LogP contribution >= 0.6 is 15.9 Å². The molecule has 90 valence electrons. The van der Waals surface area contributed by atoms with Crippen molar-refractivity contribution in [2.45, 2.75) is 45.6 Å². The summed E-state index contributed by atoms with van der Waals surface area (Å²) < 4.78 is 14.0. The molecule has 0 aliphatic carbocycles. The van der Waals surface area contributed by atoms with Crippen LogP contribution in [0.4, 0.5) is 10.1 Å². The third-order valence-electron chi connectivity index (χ3n) is 2.57. The van der Waals surface area contributed by atoms with Gasteiger partial charge in [0.1, 0.15) is 5.82 Å². The highest BCUT2D eigenvalue weighted by Crippen LogP contribution is 2.24. The van der Waals surface area contributed by atoms with Crippen LogP contribution in [0, 0.1) is 5.82 Å². The quantitative estimate of drug-likeness (QED) is 0.729. The van der Waals surface area contributed by atoms with E-state index in [4.69, 9.17) is 0 Å². The molecule has 0 fully saturated rings. The molecule has 0 aliphatic heterocycles. The molecular weight excluding hydrogens is 269 g/mol. The summed E-state index contributed by atoms with van der Waals surface area (Å²) in [6.07, 6.45) is 4.83. The molecule has 1 aromatic rings. The molecule has 1 aromatic carbocycles. The van der Waals surface area contributed by atoms with Gasteiger partial charge in [-0.1, -0.05) is 26.2 Å². The summed E-state index contributed by atoms with van der Waals surface area (Å²) in [7, 11) is 0. The molecule has 16 heavy (non-hydrogen) atoms. The molecular formula is C13H19BrFN. The molecule has 0 radical (unpaired) electrons. The number of halogens is 2. The minimum absolute atomic E-state index is 0.202. The molecule has 3 heteroatoms. The Kier molecular flexibility index (Phi) is 5.81. The maximum Gasteiger partial charge on any atom is 0.125 e. The predicted molar refractivity (Wildman–Crippen MR) is 71.3 cm³/mol. The van der Waals surface area contributed by atoms with Crippen molar-refractivity contribution in [1.82, 2.24) is 0 Å². The van der Waals surface area contributed by atoms with Crippen molar-refractivity contribution in [2.75, 3.05) is 5.32 Å². The number of hydrogen-bond acceptors (Lipinski definition) is 1. The first kappa shape index (κ1) is 13.5. The van der Waals surface area contributed by atoms with Crippen molar-refractivity contribution in [2.24, 2.45) is 0 Å². The predicted octanol–water partition coefficient (Wildman–Crippen LogP) is 4.97. The van der Waals surface area contributed by atoms with Gasteiger partial charge < -0.3 is 5.32 Å². The van der Waals surface area contributed by atoms with Crippen LogP contribution in [0.15, 0.2) is 22.7 Å². The molecule has 1 atom stereocenters. The largest absolute Gasteiger partial charge is 0.382 e. The first-order chi connectivity index (χ1) is 7.63. The zero-order chi connectivity index (χ0) is 12.0. The monoisotopic (exact) mass is 287 g/mol. The van der Waals surface area contributed by atoms with Gasteiger partial charge in [-0.2, -0.15) is 0 Å². The Labute approximate surface area is 106 Å². The summed E-state index contributed by atoms with van der Waals surface area (Å²) >= 11 is 3.41. The van der Waals surface area contributed by atoms with Crippen LogP contribution in [0.5, 0.6) is 0 Å². The fraction of sp³-hybridized carbons (Fsp3) is 0.538. The lowest BCUT2D eigenvalue weighted by atomic mass is 10.1. The Morgan fingerprint density at radius 3 is 2.81 bits per heavy atom. The van der Waals surface area contributed by atoms with Crippen molar-refractivity contribution in [1.29, 1.82) is 0 Å². The average Bonchev–Trinajstić information content (AvgIpc) is 2.24. The third-order valence-corrected chi connectivity index (χ3v) is 3.26. The van der Waals surface area contributed by atoms with E-state index >= 15 is 0 Å². The molecule has 0 saturated carbocycles. The molecule has 0 bridgehead atoms. The van der Waals surface area contributed by atoms with Gasteiger partial charge in [0.05, 0.1) is 5.69 Å².